The van der Waals surface area contributed by atoms with Crippen molar-refractivity contribution in [3.8, 4) is 0 Å². The van der Waals surface area contributed by atoms with Crippen LogP contribution < -0.4 is 0 Å². The van der Waals surface area contributed by atoms with Crippen molar-refractivity contribution < 1.29 is 9.53 Å². The first-order valence-electron chi connectivity index (χ1n) is 3.84. The van der Waals surface area contributed by atoms with Gasteiger partial charge in [0.25, 0.3) is 0 Å². The van der Waals surface area contributed by atoms with Crippen LogP contribution in [0.2, 0.25) is 0 Å². The van der Waals surface area contributed by atoms with Gasteiger partial charge in [-0.3, -0.25) is 0 Å². The quantitative estimate of drug-likeness (QED) is 0.567. The van der Waals surface area contributed by atoms with Crippen LogP contribution in [0.1, 0.15) is 26.7 Å². The van der Waals surface area contributed by atoms with Gasteiger partial charge in [-0.15, -0.1) is 0 Å². The fraction of sp³-hybridized carbons (Fsp3) is 0.444. The summed E-state index contributed by atoms with van der Waals surface area (Å²) in [4.78, 5) is 11.0. The largest absolute Gasteiger partial charge is 0.423 e. The average Bonchev–Trinajstić information content (AvgIpc) is 2.24. The molecule has 60 valence electrons. The van der Waals surface area contributed by atoms with Crippen LogP contribution >= 0.6 is 0 Å². The monoisotopic (exact) mass is 152 g/mol. The normalized spacial score (nSPS) is 17.6. The number of hydrogen-bond donors (Lipinski definition) is 0. The molecule has 0 aromatic rings. The lowest BCUT2D eigenvalue weighted by atomic mass is 10.1. The minimum Gasteiger partial charge on any atom is -0.423 e. The summed E-state index contributed by atoms with van der Waals surface area (Å²) in [6.07, 6.45) is 1.56. The Bertz CT molecular complexity index is 212. The van der Waals surface area contributed by atoms with Crippen molar-refractivity contribution in [2.75, 3.05) is 0 Å². The lowest BCUT2D eigenvalue weighted by Gasteiger charge is -1.95. The zero-order chi connectivity index (χ0) is 8.43. The summed E-state index contributed by atoms with van der Waals surface area (Å²) in [5.41, 5.74) is 1.77. The summed E-state index contributed by atoms with van der Waals surface area (Å²) in [6, 6.07) is 0. The van der Waals surface area contributed by atoms with Gasteiger partial charge in [-0.25, -0.2) is 4.79 Å². The molecule has 0 saturated carbocycles. The highest BCUT2D eigenvalue weighted by Crippen LogP contribution is 2.28. The van der Waals surface area contributed by atoms with E-state index in [0.29, 0.717) is 5.76 Å². The van der Waals surface area contributed by atoms with Crippen LogP contribution in [0.3, 0.4) is 0 Å². The fourth-order valence-electron chi connectivity index (χ4n) is 1.29. The van der Waals surface area contributed by atoms with E-state index < -0.39 is 0 Å². The highest BCUT2D eigenvalue weighted by atomic mass is 16.5. The van der Waals surface area contributed by atoms with E-state index >= 15 is 0 Å². The number of carbonyl (C=O) groups excluding carboxylic acids is 1. The van der Waals surface area contributed by atoms with Crippen molar-refractivity contribution in [2.45, 2.75) is 26.7 Å². The molecule has 0 saturated heterocycles. The second kappa shape index (κ2) is 2.91. The molecule has 0 unspecified atom stereocenters. The van der Waals surface area contributed by atoms with Crippen molar-refractivity contribution >= 4 is 5.97 Å². The van der Waals surface area contributed by atoms with Crippen LogP contribution in [0.5, 0.6) is 0 Å². The molecule has 2 heteroatoms. The van der Waals surface area contributed by atoms with Crippen LogP contribution in [0, 0.1) is 0 Å². The molecular formula is C9H12O2. The molecule has 0 aliphatic carbocycles. The zero-order valence-corrected chi connectivity index (χ0v) is 6.94. The summed E-state index contributed by atoms with van der Waals surface area (Å²) < 4.78 is 4.86. The van der Waals surface area contributed by atoms with Crippen LogP contribution in [0.4, 0.5) is 0 Å². The number of rotatable bonds is 2. The van der Waals surface area contributed by atoms with Gasteiger partial charge in [0.05, 0.1) is 0 Å². The van der Waals surface area contributed by atoms with Crippen molar-refractivity contribution in [1.82, 2.24) is 0 Å². The standard InChI is InChI=1S/C9H12O2/c1-4-7-6(3)11-9(10)8(7)5-2/h3-5H2,1-2H3. The van der Waals surface area contributed by atoms with E-state index in [-0.39, 0.29) is 5.97 Å². The third-order valence-corrected chi connectivity index (χ3v) is 1.87. The Balaban J connectivity index is 3.02. The van der Waals surface area contributed by atoms with Gasteiger partial charge in [-0.05, 0) is 12.8 Å². The molecule has 0 aromatic heterocycles. The molecule has 0 spiro atoms. The Labute approximate surface area is 66.5 Å². The lowest BCUT2D eigenvalue weighted by molar-refractivity contribution is -0.133. The highest BCUT2D eigenvalue weighted by molar-refractivity contribution is 5.94. The van der Waals surface area contributed by atoms with Gasteiger partial charge in [0.15, 0.2) is 0 Å². The average molecular weight is 152 g/mol. The maximum absolute atomic E-state index is 11.0. The summed E-state index contributed by atoms with van der Waals surface area (Å²) in [7, 11) is 0. The van der Waals surface area contributed by atoms with Crippen LogP contribution in [0.25, 0.3) is 0 Å². The maximum Gasteiger partial charge on any atom is 0.339 e. The van der Waals surface area contributed by atoms with Crippen molar-refractivity contribution in [1.29, 1.82) is 0 Å². The van der Waals surface area contributed by atoms with Crippen molar-refractivity contribution in [3.05, 3.63) is 23.5 Å². The summed E-state index contributed by atoms with van der Waals surface area (Å²) >= 11 is 0. The van der Waals surface area contributed by atoms with E-state index in [1.165, 1.54) is 0 Å². The third-order valence-electron chi connectivity index (χ3n) is 1.87. The number of allylic oxidation sites excluding steroid dienone is 1. The number of carbonyl (C=O) groups is 1. The van der Waals surface area contributed by atoms with Crippen LogP contribution in [-0.4, -0.2) is 5.97 Å². The Morgan fingerprint density at radius 3 is 2.18 bits per heavy atom. The molecule has 0 N–H and O–H groups in total. The summed E-state index contributed by atoms with van der Waals surface area (Å²) in [6.45, 7) is 7.60. The molecule has 2 nitrogen and oxygen atoms in total. The molecule has 0 radical (unpaired) electrons. The van der Waals surface area contributed by atoms with E-state index in [9.17, 15) is 4.79 Å². The lowest BCUT2D eigenvalue weighted by Crippen LogP contribution is -1.96. The summed E-state index contributed by atoms with van der Waals surface area (Å²) in [5.74, 6) is 0.323. The molecule has 1 rings (SSSR count). The second-order valence-corrected chi connectivity index (χ2v) is 2.48. The molecule has 0 bridgehead atoms. The number of cyclic esters (lactones) is 1. The number of ether oxygens (including phenoxy) is 1. The molecule has 0 amide bonds. The molecule has 1 aliphatic rings. The zero-order valence-electron chi connectivity index (χ0n) is 6.94. The van der Waals surface area contributed by atoms with Gasteiger partial charge in [0, 0.05) is 11.1 Å². The van der Waals surface area contributed by atoms with Gasteiger partial charge in [0.1, 0.15) is 5.76 Å². The molecule has 1 heterocycles. The van der Waals surface area contributed by atoms with Gasteiger partial charge < -0.3 is 4.74 Å². The van der Waals surface area contributed by atoms with Gasteiger partial charge in [-0.1, -0.05) is 20.4 Å². The molecule has 0 fully saturated rings. The predicted octanol–water partition coefficient (Wildman–Crippen LogP) is 2.17. The Kier molecular flexibility index (Phi) is 2.13. The van der Waals surface area contributed by atoms with Gasteiger partial charge >= 0.3 is 5.97 Å². The van der Waals surface area contributed by atoms with E-state index in [1.54, 1.807) is 0 Å². The van der Waals surface area contributed by atoms with E-state index in [4.69, 9.17) is 4.74 Å². The van der Waals surface area contributed by atoms with Gasteiger partial charge in [0.2, 0.25) is 0 Å². The first-order chi connectivity index (χ1) is 5.20. The minimum atomic E-state index is -0.214. The van der Waals surface area contributed by atoms with Crippen LogP contribution in [-0.2, 0) is 9.53 Å². The summed E-state index contributed by atoms with van der Waals surface area (Å²) in [5, 5.41) is 0. The Morgan fingerprint density at radius 1 is 1.27 bits per heavy atom. The first kappa shape index (κ1) is 8.05. The molecule has 0 aromatic carbocycles. The Hall–Kier alpha value is -1.05. The maximum atomic E-state index is 11.0. The minimum absolute atomic E-state index is 0.214. The molecule has 11 heavy (non-hydrogen) atoms. The number of hydrogen-bond acceptors (Lipinski definition) is 2. The van der Waals surface area contributed by atoms with E-state index in [0.717, 1.165) is 24.0 Å². The SMILES string of the molecule is C=C1OC(=O)C(CC)=C1CC. The van der Waals surface area contributed by atoms with Crippen molar-refractivity contribution in [2.24, 2.45) is 0 Å². The van der Waals surface area contributed by atoms with Gasteiger partial charge in [-0.2, -0.15) is 0 Å². The molecule has 0 atom stereocenters. The van der Waals surface area contributed by atoms with E-state index in [1.807, 2.05) is 13.8 Å². The Morgan fingerprint density at radius 2 is 1.82 bits per heavy atom. The highest BCUT2D eigenvalue weighted by Gasteiger charge is 2.25. The number of esters is 1. The second-order valence-electron chi connectivity index (χ2n) is 2.48. The molecule has 1 aliphatic heterocycles. The fourth-order valence-corrected chi connectivity index (χ4v) is 1.29. The smallest absolute Gasteiger partial charge is 0.339 e. The first-order valence-corrected chi connectivity index (χ1v) is 3.84. The van der Waals surface area contributed by atoms with Crippen LogP contribution in [0.15, 0.2) is 23.5 Å². The van der Waals surface area contributed by atoms with Crippen molar-refractivity contribution in [3.63, 3.8) is 0 Å². The topological polar surface area (TPSA) is 26.3 Å². The third kappa shape index (κ3) is 1.20. The van der Waals surface area contributed by atoms with E-state index in [2.05, 4.69) is 6.58 Å². The molecular weight excluding hydrogens is 140 g/mol. The predicted molar refractivity (Wildman–Crippen MR) is 42.8 cm³/mol.